The molecule has 14 nitrogen and oxygen atoms in total. The van der Waals surface area contributed by atoms with Crippen LogP contribution in [0.15, 0.2) is 59.5 Å². The average Bonchev–Trinajstić information content (AvgIpc) is 3.21. The van der Waals surface area contributed by atoms with E-state index in [-0.39, 0.29) is 79.9 Å². The Hall–Kier alpha value is -6.01. The number of ether oxygens (including phenoxy) is 2. The maximum Gasteiger partial charge on any atom is 0.417 e. The number of aromatic nitrogens is 5. The molecule has 1 unspecified atom stereocenters. The molecule has 18 heteroatoms. The van der Waals surface area contributed by atoms with Crippen LogP contribution in [-0.2, 0) is 39.8 Å². The molecule has 8 rings (SSSR count). The van der Waals surface area contributed by atoms with Crippen LogP contribution in [0.2, 0.25) is 0 Å². The third-order valence-corrected chi connectivity index (χ3v) is 10.2. The van der Waals surface area contributed by atoms with Crippen molar-refractivity contribution in [3.05, 3.63) is 105 Å². The third kappa shape index (κ3) is 7.86. The van der Waals surface area contributed by atoms with Crippen LogP contribution in [0, 0.1) is 5.82 Å². The fraction of sp³-hybridized carbons (Fsp3) is 0.359. The SMILES string of the molecule is CC(=O)NC1CN(c2cc(C(F)(F)F)c(-c3nc4c(c(N5CCOCC5)n3)CCN(C(=O)c3cc(Cc5n[nH]c(=O)c6ccccc56)ccc3F)C4)cn2)CCO1. The first-order chi connectivity index (χ1) is 27.4. The Balaban J connectivity index is 1.12. The first-order valence-electron chi connectivity index (χ1n) is 18.4. The number of morpholine rings is 2. The first-order valence-corrected chi connectivity index (χ1v) is 18.4. The van der Waals surface area contributed by atoms with E-state index in [9.17, 15) is 27.6 Å². The molecule has 2 N–H and O–H groups in total. The first kappa shape index (κ1) is 37.9. The number of nitrogens with zero attached hydrogens (tertiary/aromatic N) is 7. The molecule has 1 atom stereocenters. The summed E-state index contributed by atoms with van der Waals surface area (Å²) in [6.45, 7) is 3.58. The zero-order valence-electron chi connectivity index (χ0n) is 30.7. The quantitative estimate of drug-likeness (QED) is 0.231. The Bertz CT molecular complexity index is 2420. The molecule has 57 heavy (non-hydrogen) atoms. The molecule has 2 fully saturated rings. The number of pyridine rings is 1. The van der Waals surface area contributed by atoms with Gasteiger partial charge in [-0.1, -0.05) is 24.3 Å². The van der Waals surface area contributed by atoms with Crippen molar-refractivity contribution in [1.29, 1.82) is 0 Å². The number of carbonyl (C=O) groups is 2. The van der Waals surface area contributed by atoms with E-state index in [1.807, 2.05) is 4.90 Å². The number of nitrogens with one attached hydrogen (secondary N) is 2. The van der Waals surface area contributed by atoms with Gasteiger partial charge >= 0.3 is 6.18 Å². The molecule has 0 radical (unpaired) electrons. The molecular formula is C39H37F4N9O5. The Morgan fingerprint density at radius 1 is 0.982 bits per heavy atom. The normalized spacial score (nSPS) is 17.4. The lowest BCUT2D eigenvalue weighted by Gasteiger charge is -2.35. The summed E-state index contributed by atoms with van der Waals surface area (Å²) in [4.78, 5) is 56.7. The van der Waals surface area contributed by atoms with Crippen LogP contribution in [0.4, 0.5) is 29.2 Å². The van der Waals surface area contributed by atoms with Crippen molar-refractivity contribution in [2.75, 3.05) is 62.3 Å². The number of anilines is 2. The van der Waals surface area contributed by atoms with E-state index in [1.165, 1.54) is 24.0 Å². The Morgan fingerprint density at radius 2 is 1.75 bits per heavy atom. The molecule has 3 aliphatic heterocycles. The van der Waals surface area contributed by atoms with Crippen molar-refractivity contribution in [3.63, 3.8) is 0 Å². The van der Waals surface area contributed by atoms with Crippen molar-refractivity contribution in [1.82, 2.24) is 35.4 Å². The van der Waals surface area contributed by atoms with Gasteiger partial charge in [0, 0.05) is 62.2 Å². The molecular weight excluding hydrogens is 750 g/mol. The van der Waals surface area contributed by atoms with Gasteiger partial charge in [-0.25, -0.2) is 24.4 Å². The number of halogens is 4. The highest BCUT2D eigenvalue weighted by atomic mass is 19.4. The summed E-state index contributed by atoms with van der Waals surface area (Å²) in [5.41, 5.74) is 0.274. The van der Waals surface area contributed by atoms with Gasteiger partial charge in [0.25, 0.3) is 11.5 Å². The minimum atomic E-state index is -4.82. The minimum absolute atomic E-state index is 0.0432. The van der Waals surface area contributed by atoms with Gasteiger partial charge in [-0.15, -0.1) is 0 Å². The van der Waals surface area contributed by atoms with Crippen LogP contribution in [-0.4, -0.2) is 101 Å². The van der Waals surface area contributed by atoms with E-state index in [1.54, 1.807) is 35.2 Å². The third-order valence-electron chi connectivity index (χ3n) is 10.2. The van der Waals surface area contributed by atoms with Gasteiger partial charge in [-0.05, 0) is 36.2 Å². The number of alkyl halides is 3. The molecule has 3 aromatic heterocycles. The molecule has 2 amide bonds. The molecule has 2 aromatic carbocycles. The number of fused-ring (bicyclic) bond motifs is 2. The zero-order chi connectivity index (χ0) is 39.8. The van der Waals surface area contributed by atoms with E-state index in [4.69, 9.17) is 14.5 Å². The molecule has 0 saturated carbocycles. The Kier molecular flexibility index (Phi) is 10.3. The van der Waals surface area contributed by atoms with Crippen LogP contribution in [0.1, 0.15) is 45.4 Å². The van der Waals surface area contributed by atoms with Crippen molar-refractivity contribution in [3.8, 4) is 11.4 Å². The fourth-order valence-electron chi connectivity index (χ4n) is 7.46. The van der Waals surface area contributed by atoms with Crippen molar-refractivity contribution < 1.29 is 36.6 Å². The van der Waals surface area contributed by atoms with Gasteiger partial charge in [0.2, 0.25) is 5.91 Å². The smallest absolute Gasteiger partial charge is 0.378 e. The zero-order valence-corrected chi connectivity index (χ0v) is 30.7. The largest absolute Gasteiger partial charge is 0.417 e. The standard InChI is InChI=1S/C39H37F4N9O5/c1-22(53)45-34-21-51(12-15-57-34)33-18-29(39(41,42)43)28(19-44-33)35-46-32-20-52(9-8-26(32)36(47-35)50-10-13-56-14-11-50)38(55)27-16-23(6-7-30(27)40)17-31-24-4-2-3-5-25(24)37(54)49-48-31/h2-7,16,18-19,34H,8-15,17,20-21H2,1H3,(H,45,53)(H,49,54). The summed E-state index contributed by atoms with van der Waals surface area (Å²) in [7, 11) is 0. The van der Waals surface area contributed by atoms with Crippen LogP contribution < -0.4 is 20.7 Å². The second-order valence-electron chi connectivity index (χ2n) is 14.0. The van der Waals surface area contributed by atoms with Gasteiger partial charge in [-0.2, -0.15) is 18.3 Å². The minimum Gasteiger partial charge on any atom is -0.378 e. The van der Waals surface area contributed by atoms with Gasteiger partial charge in [0.15, 0.2) is 5.82 Å². The number of benzene rings is 2. The number of amides is 2. The highest BCUT2D eigenvalue weighted by Crippen LogP contribution is 2.39. The fourth-order valence-corrected chi connectivity index (χ4v) is 7.46. The monoisotopic (exact) mass is 787 g/mol. The maximum atomic E-state index is 15.4. The van der Waals surface area contributed by atoms with Crippen molar-refractivity contribution in [2.45, 2.75) is 38.7 Å². The number of carbonyl (C=O) groups excluding carboxylic acids is 2. The van der Waals surface area contributed by atoms with E-state index in [0.717, 1.165) is 12.3 Å². The maximum absolute atomic E-state index is 15.4. The number of hydrogen-bond donors (Lipinski definition) is 2. The molecule has 296 valence electrons. The lowest BCUT2D eigenvalue weighted by Crippen LogP contribution is -2.50. The Labute approximate surface area is 322 Å². The molecule has 5 aromatic rings. The van der Waals surface area contributed by atoms with Gasteiger partial charge in [-0.3, -0.25) is 14.4 Å². The second kappa shape index (κ2) is 15.5. The molecule has 2 saturated heterocycles. The predicted molar refractivity (Wildman–Crippen MR) is 199 cm³/mol. The van der Waals surface area contributed by atoms with Crippen molar-refractivity contribution in [2.24, 2.45) is 0 Å². The molecule has 0 bridgehead atoms. The lowest BCUT2D eigenvalue weighted by atomic mass is 10.00. The Morgan fingerprint density at radius 3 is 2.53 bits per heavy atom. The number of hydrogen-bond acceptors (Lipinski definition) is 11. The molecule has 3 aliphatic rings. The number of aromatic amines is 1. The predicted octanol–water partition coefficient (Wildman–Crippen LogP) is 3.86. The van der Waals surface area contributed by atoms with Gasteiger partial charge in [0.05, 0.1) is 60.8 Å². The highest BCUT2D eigenvalue weighted by molar-refractivity contribution is 5.95. The summed E-state index contributed by atoms with van der Waals surface area (Å²) >= 11 is 0. The van der Waals surface area contributed by atoms with E-state index in [2.05, 4.69) is 25.5 Å². The van der Waals surface area contributed by atoms with Crippen LogP contribution >= 0.6 is 0 Å². The highest BCUT2D eigenvalue weighted by Gasteiger charge is 2.38. The molecule has 0 aliphatic carbocycles. The number of rotatable bonds is 7. The molecule has 6 heterocycles. The summed E-state index contributed by atoms with van der Waals surface area (Å²) in [5.74, 6) is -1.42. The van der Waals surface area contributed by atoms with E-state index in [0.29, 0.717) is 65.4 Å². The van der Waals surface area contributed by atoms with Crippen LogP contribution in [0.3, 0.4) is 0 Å². The van der Waals surface area contributed by atoms with Crippen LogP contribution in [0.25, 0.3) is 22.2 Å². The topological polar surface area (TPSA) is 159 Å². The summed E-state index contributed by atoms with van der Waals surface area (Å²) in [6.07, 6.45) is -3.97. The lowest BCUT2D eigenvalue weighted by molar-refractivity contribution is -0.137. The summed E-state index contributed by atoms with van der Waals surface area (Å²) in [6, 6.07) is 12.1. The molecule has 0 spiro atoms. The number of H-pyrrole nitrogens is 1. The van der Waals surface area contributed by atoms with Gasteiger partial charge < -0.3 is 29.5 Å². The van der Waals surface area contributed by atoms with E-state index >= 15 is 4.39 Å². The average molecular weight is 788 g/mol. The van der Waals surface area contributed by atoms with Gasteiger partial charge in [0.1, 0.15) is 23.7 Å². The van der Waals surface area contributed by atoms with Crippen molar-refractivity contribution >= 4 is 34.2 Å². The van der Waals surface area contributed by atoms with Crippen LogP contribution in [0.5, 0.6) is 0 Å². The summed E-state index contributed by atoms with van der Waals surface area (Å²) in [5, 5.41) is 10.4. The van der Waals surface area contributed by atoms with E-state index < -0.39 is 29.7 Å². The summed E-state index contributed by atoms with van der Waals surface area (Å²) < 4.78 is 71.1. The second-order valence-corrected chi connectivity index (χ2v) is 14.0.